The Morgan fingerprint density at radius 3 is 2.57 bits per heavy atom. The summed E-state index contributed by atoms with van der Waals surface area (Å²) < 4.78 is 18.4. The second kappa shape index (κ2) is 6.41. The highest BCUT2D eigenvalue weighted by atomic mass is 19.1. The van der Waals surface area contributed by atoms with Crippen LogP contribution in [0.2, 0.25) is 0 Å². The predicted octanol–water partition coefficient (Wildman–Crippen LogP) is 3.59. The van der Waals surface area contributed by atoms with Gasteiger partial charge in [-0.1, -0.05) is 31.5 Å². The summed E-state index contributed by atoms with van der Waals surface area (Å²) in [6, 6.07) is 9.52. The van der Waals surface area contributed by atoms with E-state index in [1.165, 1.54) is 0 Å². The van der Waals surface area contributed by atoms with E-state index in [-0.39, 0.29) is 0 Å². The van der Waals surface area contributed by atoms with Crippen molar-refractivity contribution in [3.8, 4) is 5.75 Å². The summed E-state index contributed by atoms with van der Waals surface area (Å²) in [6.07, 6.45) is 1.30. The Morgan fingerprint density at radius 2 is 1.93 bits per heavy atom. The maximum absolute atomic E-state index is 13.0. The fourth-order valence-corrected chi connectivity index (χ4v) is 1.28. The van der Waals surface area contributed by atoms with Crippen LogP contribution >= 0.6 is 0 Å². The summed E-state index contributed by atoms with van der Waals surface area (Å²) in [5.41, 5.74) is 0. The second-order valence-corrected chi connectivity index (χ2v) is 3.34. The highest BCUT2D eigenvalue weighted by Gasteiger charge is 2.04. The number of benzene rings is 1. The van der Waals surface area contributed by atoms with Crippen LogP contribution < -0.4 is 4.74 Å². The largest absolute Gasteiger partial charge is 0.493 e. The topological polar surface area (TPSA) is 9.23 Å². The van der Waals surface area contributed by atoms with E-state index in [1.807, 2.05) is 37.3 Å². The Balaban J connectivity index is 2.16. The molecule has 0 saturated heterocycles. The van der Waals surface area contributed by atoms with Crippen molar-refractivity contribution in [3.05, 3.63) is 30.3 Å². The van der Waals surface area contributed by atoms with E-state index in [9.17, 15) is 4.39 Å². The van der Waals surface area contributed by atoms with Gasteiger partial charge in [0.05, 0.1) is 6.61 Å². The van der Waals surface area contributed by atoms with E-state index in [1.54, 1.807) is 0 Å². The van der Waals surface area contributed by atoms with E-state index in [0.717, 1.165) is 12.2 Å². The number of ether oxygens (including phenoxy) is 1. The number of para-hydroxylation sites is 1. The minimum Gasteiger partial charge on any atom is -0.493 e. The van der Waals surface area contributed by atoms with Gasteiger partial charge in [-0.3, -0.25) is 0 Å². The molecule has 1 rings (SSSR count). The summed E-state index contributed by atoms with van der Waals surface area (Å²) in [7, 11) is 0. The van der Waals surface area contributed by atoms with Crippen molar-refractivity contribution in [2.24, 2.45) is 0 Å². The summed E-state index contributed by atoms with van der Waals surface area (Å²) in [5.74, 6) is 0.816. The van der Waals surface area contributed by atoms with Crippen molar-refractivity contribution >= 4 is 0 Å². The molecular formula is C12H17FO. The van der Waals surface area contributed by atoms with Gasteiger partial charge in [-0.15, -0.1) is 0 Å². The van der Waals surface area contributed by atoms with Gasteiger partial charge in [0, 0.05) is 6.42 Å². The molecule has 0 aliphatic carbocycles. The molecule has 2 heteroatoms. The first-order chi connectivity index (χ1) is 6.83. The number of rotatable bonds is 6. The van der Waals surface area contributed by atoms with Crippen LogP contribution in [0.1, 0.15) is 26.2 Å². The molecular weight excluding hydrogens is 179 g/mol. The molecule has 1 aromatic carbocycles. The SMILES string of the molecule is CCCC(F)CCOc1ccccc1. The zero-order valence-corrected chi connectivity index (χ0v) is 8.58. The van der Waals surface area contributed by atoms with Crippen molar-refractivity contribution in [2.45, 2.75) is 32.4 Å². The van der Waals surface area contributed by atoms with Crippen molar-refractivity contribution in [2.75, 3.05) is 6.61 Å². The molecule has 0 fully saturated rings. The van der Waals surface area contributed by atoms with Gasteiger partial charge >= 0.3 is 0 Å². The van der Waals surface area contributed by atoms with E-state index >= 15 is 0 Å². The number of alkyl halides is 1. The minimum atomic E-state index is -0.719. The zero-order valence-electron chi connectivity index (χ0n) is 8.58. The molecule has 0 spiro atoms. The normalized spacial score (nSPS) is 12.4. The zero-order chi connectivity index (χ0) is 10.2. The molecule has 0 aliphatic heterocycles. The molecule has 14 heavy (non-hydrogen) atoms. The molecule has 1 nitrogen and oxygen atoms in total. The monoisotopic (exact) mass is 196 g/mol. The van der Waals surface area contributed by atoms with Crippen LogP contribution in [0.25, 0.3) is 0 Å². The van der Waals surface area contributed by atoms with Gasteiger partial charge in [-0.05, 0) is 18.6 Å². The van der Waals surface area contributed by atoms with Crippen molar-refractivity contribution < 1.29 is 9.13 Å². The molecule has 0 aliphatic rings. The Hall–Kier alpha value is -1.05. The second-order valence-electron chi connectivity index (χ2n) is 3.34. The van der Waals surface area contributed by atoms with Gasteiger partial charge in [0.1, 0.15) is 11.9 Å². The van der Waals surface area contributed by atoms with E-state index < -0.39 is 6.17 Å². The molecule has 78 valence electrons. The maximum atomic E-state index is 13.0. The Bertz CT molecular complexity index is 235. The molecule has 0 N–H and O–H groups in total. The third kappa shape index (κ3) is 4.26. The van der Waals surface area contributed by atoms with Crippen LogP contribution in [0, 0.1) is 0 Å². The first-order valence-electron chi connectivity index (χ1n) is 5.15. The number of hydrogen-bond donors (Lipinski definition) is 0. The van der Waals surface area contributed by atoms with Crippen molar-refractivity contribution in [3.63, 3.8) is 0 Å². The van der Waals surface area contributed by atoms with Crippen molar-refractivity contribution in [1.82, 2.24) is 0 Å². The smallest absolute Gasteiger partial charge is 0.119 e. The van der Waals surface area contributed by atoms with Crippen LogP contribution in [0.5, 0.6) is 5.75 Å². The molecule has 0 radical (unpaired) electrons. The van der Waals surface area contributed by atoms with Gasteiger partial charge in [-0.25, -0.2) is 4.39 Å². The van der Waals surface area contributed by atoms with Crippen LogP contribution in [-0.4, -0.2) is 12.8 Å². The third-order valence-corrected chi connectivity index (χ3v) is 2.04. The number of halogens is 1. The average Bonchev–Trinajstić information content (AvgIpc) is 2.20. The highest BCUT2D eigenvalue weighted by Crippen LogP contribution is 2.11. The van der Waals surface area contributed by atoms with E-state index in [4.69, 9.17) is 4.74 Å². The van der Waals surface area contributed by atoms with Crippen LogP contribution in [0.15, 0.2) is 30.3 Å². The predicted molar refractivity (Wildman–Crippen MR) is 56.4 cm³/mol. The molecule has 0 bridgehead atoms. The summed E-state index contributed by atoms with van der Waals surface area (Å²) in [5, 5.41) is 0. The average molecular weight is 196 g/mol. The summed E-state index contributed by atoms with van der Waals surface area (Å²) >= 11 is 0. The minimum absolute atomic E-state index is 0.463. The molecule has 1 aromatic rings. The molecule has 1 unspecified atom stereocenters. The fourth-order valence-electron chi connectivity index (χ4n) is 1.28. The van der Waals surface area contributed by atoms with Gasteiger partial charge in [0.2, 0.25) is 0 Å². The van der Waals surface area contributed by atoms with Crippen LogP contribution in [0.3, 0.4) is 0 Å². The molecule has 1 atom stereocenters. The molecule has 0 amide bonds. The Morgan fingerprint density at radius 1 is 1.21 bits per heavy atom. The lowest BCUT2D eigenvalue weighted by atomic mass is 10.2. The Kier molecular flexibility index (Phi) is 5.05. The molecule has 0 saturated carbocycles. The van der Waals surface area contributed by atoms with Gasteiger partial charge < -0.3 is 4.74 Å². The molecule has 0 aromatic heterocycles. The maximum Gasteiger partial charge on any atom is 0.119 e. The third-order valence-electron chi connectivity index (χ3n) is 2.04. The standard InChI is InChI=1S/C12H17FO/c1-2-6-11(13)9-10-14-12-7-4-3-5-8-12/h3-5,7-8,11H,2,6,9-10H2,1H3. The first kappa shape index (κ1) is 11.0. The van der Waals surface area contributed by atoms with Crippen molar-refractivity contribution in [1.29, 1.82) is 0 Å². The lowest BCUT2D eigenvalue weighted by molar-refractivity contribution is 0.225. The lowest BCUT2D eigenvalue weighted by Crippen LogP contribution is -2.07. The lowest BCUT2D eigenvalue weighted by Gasteiger charge is -2.08. The quantitative estimate of drug-likeness (QED) is 0.675. The van der Waals surface area contributed by atoms with Gasteiger partial charge in [0.15, 0.2) is 0 Å². The number of hydrogen-bond acceptors (Lipinski definition) is 1. The van der Waals surface area contributed by atoms with Gasteiger partial charge in [0.25, 0.3) is 0 Å². The van der Waals surface area contributed by atoms with Gasteiger partial charge in [-0.2, -0.15) is 0 Å². The molecule has 0 heterocycles. The first-order valence-corrected chi connectivity index (χ1v) is 5.15. The highest BCUT2D eigenvalue weighted by molar-refractivity contribution is 5.20. The summed E-state index contributed by atoms with van der Waals surface area (Å²) in [4.78, 5) is 0. The van der Waals surface area contributed by atoms with Crippen LogP contribution in [-0.2, 0) is 0 Å². The van der Waals surface area contributed by atoms with E-state index in [0.29, 0.717) is 19.4 Å². The van der Waals surface area contributed by atoms with E-state index in [2.05, 4.69) is 0 Å². The van der Waals surface area contributed by atoms with Crippen LogP contribution in [0.4, 0.5) is 4.39 Å². The Labute approximate surface area is 84.9 Å². The fraction of sp³-hybridized carbons (Fsp3) is 0.500. The summed E-state index contributed by atoms with van der Waals surface area (Å²) in [6.45, 7) is 2.45.